The van der Waals surface area contributed by atoms with Gasteiger partial charge in [0, 0.05) is 19.7 Å². The van der Waals surface area contributed by atoms with E-state index in [-0.39, 0.29) is 24.0 Å². The summed E-state index contributed by atoms with van der Waals surface area (Å²) in [5.41, 5.74) is 1.07. The second-order valence-corrected chi connectivity index (χ2v) is 6.61. The molecule has 0 saturated heterocycles. The van der Waals surface area contributed by atoms with E-state index in [4.69, 9.17) is 9.84 Å². The molecule has 6 heteroatoms. The zero-order valence-electron chi connectivity index (χ0n) is 15.0. The molecular formula is C19H28N2O4. The molecule has 0 spiro atoms. The Bertz CT molecular complexity index is 556. The van der Waals surface area contributed by atoms with Crippen molar-refractivity contribution in [3.05, 3.63) is 35.9 Å². The predicted octanol–water partition coefficient (Wildman–Crippen LogP) is 3.05. The Morgan fingerprint density at radius 2 is 1.88 bits per heavy atom. The molecule has 1 aliphatic carbocycles. The lowest BCUT2D eigenvalue weighted by Gasteiger charge is -2.33. The number of carboxylic acid groups (broad SMARTS) is 1. The predicted molar refractivity (Wildman–Crippen MR) is 95.4 cm³/mol. The first-order valence-electron chi connectivity index (χ1n) is 8.86. The number of carbonyl (C=O) groups is 2. The average molecular weight is 348 g/mol. The molecule has 0 aromatic heterocycles. The molecule has 1 saturated carbocycles. The Morgan fingerprint density at radius 3 is 2.44 bits per heavy atom. The first-order chi connectivity index (χ1) is 12.0. The van der Waals surface area contributed by atoms with Crippen molar-refractivity contribution >= 4 is 12.0 Å². The van der Waals surface area contributed by atoms with Crippen molar-refractivity contribution in [3.63, 3.8) is 0 Å². The van der Waals surface area contributed by atoms with Crippen molar-refractivity contribution < 1.29 is 19.4 Å². The third-order valence-corrected chi connectivity index (χ3v) is 4.95. The molecule has 2 amide bonds. The number of hydrogen-bond acceptors (Lipinski definition) is 3. The molecule has 138 valence electrons. The minimum atomic E-state index is -0.732. The van der Waals surface area contributed by atoms with Crippen LogP contribution in [0.25, 0.3) is 0 Å². The Hall–Kier alpha value is -2.08. The molecule has 1 aliphatic rings. The Balaban J connectivity index is 1.97. The van der Waals surface area contributed by atoms with Crippen LogP contribution in [-0.2, 0) is 9.53 Å². The summed E-state index contributed by atoms with van der Waals surface area (Å²) in [6.07, 6.45) is 2.65. The fraction of sp³-hybridized carbons (Fsp3) is 0.579. The minimum absolute atomic E-state index is 0.0381. The highest BCUT2D eigenvalue weighted by Crippen LogP contribution is 2.25. The number of ether oxygens (including phenoxy) is 1. The SMILES string of the molecule is COCCN(C(=O)NC1CCC(C(=O)O)CC1)C(C)c1ccccc1. The number of nitrogens with zero attached hydrogens (tertiary/aromatic N) is 1. The molecule has 1 aromatic rings. The van der Waals surface area contributed by atoms with Gasteiger partial charge in [-0.3, -0.25) is 4.79 Å². The standard InChI is InChI=1S/C19H28N2O4/c1-14(15-6-4-3-5-7-15)21(12-13-25-2)19(24)20-17-10-8-16(9-11-17)18(22)23/h3-7,14,16-17H,8-13H2,1-2H3,(H,20,24)(H,22,23). The van der Waals surface area contributed by atoms with Crippen molar-refractivity contribution in [2.75, 3.05) is 20.3 Å². The lowest BCUT2D eigenvalue weighted by Crippen LogP contribution is -2.48. The third-order valence-electron chi connectivity index (χ3n) is 4.95. The molecule has 1 unspecified atom stereocenters. The van der Waals surface area contributed by atoms with Gasteiger partial charge in [-0.1, -0.05) is 30.3 Å². The van der Waals surface area contributed by atoms with Crippen LogP contribution in [0.15, 0.2) is 30.3 Å². The lowest BCUT2D eigenvalue weighted by molar-refractivity contribution is -0.142. The van der Waals surface area contributed by atoms with Crippen LogP contribution in [0.1, 0.15) is 44.2 Å². The maximum absolute atomic E-state index is 12.8. The number of carboxylic acids is 1. The molecule has 0 aliphatic heterocycles. The van der Waals surface area contributed by atoms with Gasteiger partial charge >= 0.3 is 12.0 Å². The normalized spacial score (nSPS) is 21.4. The van der Waals surface area contributed by atoms with E-state index >= 15 is 0 Å². The van der Waals surface area contributed by atoms with E-state index in [0.717, 1.165) is 5.56 Å². The van der Waals surface area contributed by atoms with Gasteiger partial charge in [-0.25, -0.2) is 4.79 Å². The van der Waals surface area contributed by atoms with Gasteiger partial charge in [0.25, 0.3) is 0 Å². The summed E-state index contributed by atoms with van der Waals surface area (Å²) in [4.78, 5) is 25.6. The van der Waals surface area contributed by atoms with Crippen LogP contribution in [0, 0.1) is 5.92 Å². The van der Waals surface area contributed by atoms with Gasteiger partial charge in [0.15, 0.2) is 0 Å². The molecule has 1 fully saturated rings. The van der Waals surface area contributed by atoms with Crippen LogP contribution in [-0.4, -0.2) is 48.3 Å². The van der Waals surface area contributed by atoms with Crippen LogP contribution in [0.4, 0.5) is 4.79 Å². The van der Waals surface area contributed by atoms with E-state index < -0.39 is 5.97 Å². The fourth-order valence-corrected chi connectivity index (χ4v) is 3.31. The van der Waals surface area contributed by atoms with Crippen molar-refractivity contribution in [1.29, 1.82) is 0 Å². The number of nitrogens with one attached hydrogen (secondary N) is 1. The summed E-state index contributed by atoms with van der Waals surface area (Å²) >= 11 is 0. The number of urea groups is 1. The van der Waals surface area contributed by atoms with Crippen molar-refractivity contribution in [3.8, 4) is 0 Å². The van der Waals surface area contributed by atoms with Gasteiger partial charge in [-0.15, -0.1) is 0 Å². The topological polar surface area (TPSA) is 78.9 Å². The number of methoxy groups -OCH3 is 1. The van der Waals surface area contributed by atoms with E-state index in [9.17, 15) is 9.59 Å². The van der Waals surface area contributed by atoms with Crippen molar-refractivity contribution in [1.82, 2.24) is 10.2 Å². The summed E-state index contributed by atoms with van der Waals surface area (Å²) < 4.78 is 5.15. The van der Waals surface area contributed by atoms with Crippen LogP contribution in [0.2, 0.25) is 0 Å². The molecule has 2 rings (SSSR count). The third kappa shape index (κ3) is 5.46. The zero-order chi connectivity index (χ0) is 18.2. The van der Waals surface area contributed by atoms with Crippen LogP contribution >= 0.6 is 0 Å². The highest BCUT2D eigenvalue weighted by atomic mass is 16.5. The van der Waals surface area contributed by atoms with E-state index in [1.165, 1.54) is 0 Å². The largest absolute Gasteiger partial charge is 0.481 e. The minimum Gasteiger partial charge on any atom is -0.481 e. The highest BCUT2D eigenvalue weighted by molar-refractivity contribution is 5.75. The van der Waals surface area contributed by atoms with Gasteiger partial charge in [-0.05, 0) is 38.2 Å². The number of rotatable bonds is 7. The van der Waals surface area contributed by atoms with E-state index in [1.54, 1.807) is 12.0 Å². The quantitative estimate of drug-likeness (QED) is 0.794. The fourth-order valence-electron chi connectivity index (χ4n) is 3.31. The summed E-state index contributed by atoms with van der Waals surface area (Å²) in [7, 11) is 1.62. The van der Waals surface area contributed by atoms with Crippen LogP contribution < -0.4 is 5.32 Å². The average Bonchev–Trinajstić information content (AvgIpc) is 2.63. The first kappa shape index (κ1) is 19.2. The van der Waals surface area contributed by atoms with Crippen molar-refractivity contribution in [2.45, 2.75) is 44.7 Å². The van der Waals surface area contributed by atoms with Crippen LogP contribution in [0.3, 0.4) is 0 Å². The molecule has 0 bridgehead atoms. The summed E-state index contributed by atoms with van der Waals surface area (Å²) in [5, 5.41) is 12.2. The second kappa shape index (κ2) is 9.42. The number of aliphatic carboxylic acids is 1. The van der Waals surface area contributed by atoms with Crippen molar-refractivity contribution in [2.24, 2.45) is 5.92 Å². The molecule has 1 atom stereocenters. The maximum atomic E-state index is 12.8. The molecule has 0 radical (unpaired) electrons. The monoisotopic (exact) mass is 348 g/mol. The molecule has 2 N–H and O–H groups in total. The maximum Gasteiger partial charge on any atom is 0.318 e. The smallest absolute Gasteiger partial charge is 0.318 e. The lowest BCUT2D eigenvalue weighted by atomic mass is 9.86. The number of benzene rings is 1. The van der Waals surface area contributed by atoms with E-state index in [2.05, 4.69) is 5.32 Å². The Labute approximate surface area is 149 Å². The summed E-state index contributed by atoms with van der Waals surface area (Å²) in [5.74, 6) is -1.01. The number of carbonyl (C=O) groups excluding carboxylic acids is 1. The van der Waals surface area contributed by atoms with E-state index in [1.807, 2.05) is 37.3 Å². The summed E-state index contributed by atoms with van der Waals surface area (Å²) in [6.45, 7) is 2.98. The number of hydrogen-bond donors (Lipinski definition) is 2. The first-order valence-corrected chi connectivity index (χ1v) is 8.86. The number of amides is 2. The van der Waals surface area contributed by atoms with Gasteiger partial charge < -0.3 is 20.1 Å². The molecule has 1 aromatic carbocycles. The highest BCUT2D eigenvalue weighted by Gasteiger charge is 2.29. The van der Waals surface area contributed by atoms with Gasteiger partial charge in [0.2, 0.25) is 0 Å². The van der Waals surface area contributed by atoms with Crippen LogP contribution in [0.5, 0.6) is 0 Å². The van der Waals surface area contributed by atoms with Gasteiger partial charge in [0.1, 0.15) is 0 Å². The second-order valence-electron chi connectivity index (χ2n) is 6.61. The van der Waals surface area contributed by atoms with E-state index in [0.29, 0.717) is 38.8 Å². The van der Waals surface area contributed by atoms with Gasteiger partial charge in [-0.2, -0.15) is 0 Å². The Morgan fingerprint density at radius 1 is 1.24 bits per heavy atom. The summed E-state index contributed by atoms with van der Waals surface area (Å²) in [6, 6.07) is 9.76. The molecule has 25 heavy (non-hydrogen) atoms. The van der Waals surface area contributed by atoms with Gasteiger partial charge in [0.05, 0.1) is 18.6 Å². The molecule has 0 heterocycles. The molecular weight excluding hydrogens is 320 g/mol. The Kier molecular flexibility index (Phi) is 7.25. The zero-order valence-corrected chi connectivity index (χ0v) is 15.0. The molecule has 6 nitrogen and oxygen atoms in total.